The van der Waals surface area contributed by atoms with Crippen LogP contribution in [0, 0.1) is 0 Å². The number of nitrogens with zero attached hydrogens (tertiary/aromatic N) is 4. The maximum absolute atomic E-state index is 12.5. The second-order valence-corrected chi connectivity index (χ2v) is 9.27. The van der Waals surface area contributed by atoms with Gasteiger partial charge in [0, 0.05) is 17.8 Å². The minimum absolute atomic E-state index is 0.0463. The number of carbonyl (C=O) groups excluding carboxylic acids is 1. The van der Waals surface area contributed by atoms with Crippen LogP contribution in [0.5, 0.6) is 0 Å². The van der Waals surface area contributed by atoms with Crippen molar-refractivity contribution in [3.8, 4) is 0 Å². The fraction of sp³-hybridized carbons (Fsp3) is 0.389. The summed E-state index contributed by atoms with van der Waals surface area (Å²) >= 11 is 8.87. The quantitative estimate of drug-likeness (QED) is 0.507. The minimum Gasteiger partial charge on any atom is -0.467 e. The summed E-state index contributed by atoms with van der Waals surface area (Å²) in [6, 6.07) is 7.62. The summed E-state index contributed by atoms with van der Waals surface area (Å²) in [6.45, 7) is 1.15. The number of hydrogen-bond acceptors (Lipinski definition) is 6. The number of carbonyl (C=O) groups is 1. The highest BCUT2D eigenvalue weighted by atomic mass is 35.5. The molecule has 9 heteroatoms. The molecule has 0 bridgehead atoms. The molecule has 1 aliphatic carbocycles. The molecule has 1 fully saturated rings. The fourth-order valence-electron chi connectivity index (χ4n) is 2.75. The standard InChI is InChI=1S/C18H19ClN4O2S2/c1-22(10-14-6-7-15(19)27-14)16(24)11-26-18-21-20-17(12-4-5-12)23(18)9-13-3-2-8-25-13/h2-3,6-8,12H,4-5,9-11H2,1H3. The highest BCUT2D eigenvalue weighted by molar-refractivity contribution is 7.99. The van der Waals surface area contributed by atoms with Crippen LogP contribution >= 0.6 is 34.7 Å². The highest BCUT2D eigenvalue weighted by Gasteiger charge is 2.31. The molecule has 1 amide bonds. The van der Waals surface area contributed by atoms with E-state index in [0.717, 1.165) is 38.8 Å². The molecule has 4 rings (SSSR count). The largest absolute Gasteiger partial charge is 0.467 e. The Hall–Kier alpha value is -1.77. The van der Waals surface area contributed by atoms with E-state index in [9.17, 15) is 4.79 Å². The highest BCUT2D eigenvalue weighted by Crippen LogP contribution is 2.40. The third kappa shape index (κ3) is 4.56. The Morgan fingerprint density at radius 2 is 2.26 bits per heavy atom. The van der Waals surface area contributed by atoms with Gasteiger partial charge in [0.25, 0.3) is 0 Å². The number of halogens is 1. The van der Waals surface area contributed by atoms with Gasteiger partial charge in [-0.2, -0.15) is 0 Å². The SMILES string of the molecule is CN(Cc1ccc(Cl)s1)C(=O)CSc1nnc(C2CC2)n1Cc1ccco1. The summed E-state index contributed by atoms with van der Waals surface area (Å²) in [5, 5.41) is 9.45. The maximum atomic E-state index is 12.5. The van der Waals surface area contributed by atoms with Gasteiger partial charge in [-0.1, -0.05) is 23.4 Å². The molecule has 27 heavy (non-hydrogen) atoms. The molecule has 0 atom stereocenters. The average molecular weight is 423 g/mol. The van der Waals surface area contributed by atoms with Gasteiger partial charge in [-0.05, 0) is 37.1 Å². The van der Waals surface area contributed by atoms with Gasteiger partial charge in [0.05, 0.1) is 29.4 Å². The lowest BCUT2D eigenvalue weighted by Crippen LogP contribution is -2.27. The molecule has 3 aromatic rings. The predicted octanol–water partition coefficient (Wildman–Crippen LogP) is 4.26. The Bertz CT molecular complexity index is 918. The molecule has 0 spiro atoms. The van der Waals surface area contributed by atoms with Crippen LogP contribution in [0.25, 0.3) is 0 Å². The van der Waals surface area contributed by atoms with Crippen molar-refractivity contribution in [1.29, 1.82) is 0 Å². The second-order valence-electron chi connectivity index (χ2n) is 6.52. The Labute approximate surface area is 170 Å². The molecule has 1 aliphatic rings. The summed E-state index contributed by atoms with van der Waals surface area (Å²) in [5.74, 6) is 2.68. The van der Waals surface area contributed by atoms with Crippen LogP contribution in [-0.2, 0) is 17.9 Å². The molecular formula is C18H19ClN4O2S2. The Morgan fingerprint density at radius 3 is 2.93 bits per heavy atom. The molecular weight excluding hydrogens is 404 g/mol. The van der Waals surface area contributed by atoms with E-state index in [1.54, 1.807) is 18.2 Å². The molecule has 0 unspecified atom stereocenters. The molecule has 1 saturated carbocycles. The van der Waals surface area contributed by atoms with Crippen molar-refractivity contribution >= 4 is 40.6 Å². The zero-order valence-electron chi connectivity index (χ0n) is 14.8. The van der Waals surface area contributed by atoms with Gasteiger partial charge in [0.1, 0.15) is 11.6 Å². The summed E-state index contributed by atoms with van der Waals surface area (Å²) in [7, 11) is 1.81. The first-order valence-electron chi connectivity index (χ1n) is 8.66. The van der Waals surface area contributed by atoms with Gasteiger partial charge >= 0.3 is 0 Å². The monoisotopic (exact) mass is 422 g/mol. The van der Waals surface area contributed by atoms with Crippen molar-refractivity contribution in [2.45, 2.75) is 37.0 Å². The van der Waals surface area contributed by atoms with Crippen molar-refractivity contribution in [1.82, 2.24) is 19.7 Å². The van der Waals surface area contributed by atoms with Crippen molar-refractivity contribution in [2.75, 3.05) is 12.8 Å². The predicted molar refractivity (Wildman–Crippen MR) is 106 cm³/mol. The van der Waals surface area contributed by atoms with Gasteiger partial charge < -0.3 is 9.32 Å². The van der Waals surface area contributed by atoms with Crippen LogP contribution in [0.4, 0.5) is 0 Å². The smallest absolute Gasteiger partial charge is 0.233 e. The van der Waals surface area contributed by atoms with Crippen LogP contribution in [0.1, 0.15) is 35.2 Å². The first-order chi connectivity index (χ1) is 13.1. The number of hydrogen-bond donors (Lipinski definition) is 0. The zero-order valence-corrected chi connectivity index (χ0v) is 17.2. The molecule has 6 nitrogen and oxygen atoms in total. The number of thiophene rings is 1. The van der Waals surface area contributed by atoms with E-state index < -0.39 is 0 Å². The van der Waals surface area contributed by atoms with Gasteiger partial charge in [-0.15, -0.1) is 21.5 Å². The number of furan rings is 1. The van der Waals surface area contributed by atoms with E-state index in [1.807, 2.05) is 24.3 Å². The molecule has 0 radical (unpaired) electrons. The fourth-order valence-corrected chi connectivity index (χ4v) is 4.78. The van der Waals surface area contributed by atoms with Crippen molar-refractivity contribution in [3.63, 3.8) is 0 Å². The third-order valence-corrected chi connectivity index (χ3v) is 6.52. The van der Waals surface area contributed by atoms with E-state index in [1.165, 1.54) is 23.1 Å². The number of rotatable bonds is 8. The van der Waals surface area contributed by atoms with Crippen LogP contribution in [0.15, 0.2) is 40.1 Å². The second kappa shape index (κ2) is 8.08. The maximum Gasteiger partial charge on any atom is 0.233 e. The van der Waals surface area contributed by atoms with Gasteiger partial charge in [-0.25, -0.2) is 0 Å². The van der Waals surface area contributed by atoms with E-state index in [2.05, 4.69) is 14.8 Å². The molecule has 3 heterocycles. The topological polar surface area (TPSA) is 64.2 Å². The van der Waals surface area contributed by atoms with Crippen molar-refractivity contribution < 1.29 is 9.21 Å². The molecule has 0 N–H and O–H groups in total. The first kappa shape index (κ1) is 18.6. The lowest BCUT2D eigenvalue weighted by Gasteiger charge is -2.16. The first-order valence-corrected chi connectivity index (χ1v) is 10.8. The number of thioether (sulfide) groups is 1. The molecule has 0 aromatic carbocycles. The molecule has 0 saturated heterocycles. The lowest BCUT2D eigenvalue weighted by atomic mass is 10.3. The third-order valence-electron chi connectivity index (χ3n) is 4.35. The minimum atomic E-state index is 0.0463. The van der Waals surface area contributed by atoms with E-state index in [-0.39, 0.29) is 5.91 Å². The average Bonchev–Trinajstić information content (AvgIpc) is 3.03. The van der Waals surface area contributed by atoms with E-state index in [4.69, 9.17) is 16.0 Å². The van der Waals surface area contributed by atoms with Crippen molar-refractivity contribution in [3.05, 3.63) is 51.3 Å². The Kier molecular flexibility index (Phi) is 5.56. The van der Waals surface area contributed by atoms with E-state index >= 15 is 0 Å². The molecule has 142 valence electrons. The van der Waals surface area contributed by atoms with Gasteiger partial charge in [0.15, 0.2) is 5.16 Å². The lowest BCUT2D eigenvalue weighted by molar-refractivity contribution is -0.127. The zero-order chi connectivity index (χ0) is 18.8. The van der Waals surface area contributed by atoms with E-state index in [0.29, 0.717) is 24.8 Å². The van der Waals surface area contributed by atoms with Crippen molar-refractivity contribution in [2.24, 2.45) is 0 Å². The summed E-state index contributed by atoms with van der Waals surface area (Å²) in [6.07, 6.45) is 3.95. The van der Waals surface area contributed by atoms with Gasteiger partial charge in [0.2, 0.25) is 5.91 Å². The Balaban J connectivity index is 1.40. The van der Waals surface area contributed by atoms with Crippen LogP contribution < -0.4 is 0 Å². The Morgan fingerprint density at radius 1 is 1.41 bits per heavy atom. The molecule has 3 aromatic heterocycles. The van der Waals surface area contributed by atoms with Gasteiger partial charge in [-0.3, -0.25) is 9.36 Å². The number of amides is 1. The normalized spacial score (nSPS) is 13.9. The molecule has 0 aliphatic heterocycles. The van der Waals surface area contributed by atoms with Crippen LogP contribution in [-0.4, -0.2) is 38.4 Å². The van der Waals surface area contributed by atoms with Crippen LogP contribution in [0.2, 0.25) is 4.34 Å². The summed E-state index contributed by atoms with van der Waals surface area (Å²) in [5.41, 5.74) is 0. The number of aromatic nitrogens is 3. The summed E-state index contributed by atoms with van der Waals surface area (Å²) in [4.78, 5) is 15.3. The van der Waals surface area contributed by atoms with Crippen LogP contribution in [0.3, 0.4) is 0 Å². The summed E-state index contributed by atoms with van der Waals surface area (Å²) < 4.78 is 8.29.